The zero-order valence-corrected chi connectivity index (χ0v) is 13.8. The van der Waals surface area contributed by atoms with Gasteiger partial charge in [-0.05, 0) is 37.5 Å². The number of pyridine rings is 1. The molecule has 1 aliphatic rings. The quantitative estimate of drug-likeness (QED) is 0.855. The normalized spacial score (nSPS) is 18.4. The molecule has 5 nitrogen and oxygen atoms in total. The molecule has 0 unspecified atom stereocenters. The summed E-state index contributed by atoms with van der Waals surface area (Å²) in [5.74, 6) is 0. The fourth-order valence-electron chi connectivity index (χ4n) is 2.89. The van der Waals surface area contributed by atoms with Crippen LogP contribution in [-0.2, 0) is 23.9 Å². The molecule has 0 spiro atoms. The van der Waals surface area contributed by atoms with Gasteiger partial charge in [0.2, 0.25) is 0 Å². The molecule has 1 fully saturated rings. The van der Waals surface area contributed by atoms with Gasteiger partial charge < -0.3 is 4.74 Å². The first-order valence-corrected chi connectivity index (χ1v) is 8.07. The Morgan fingerprint density at radius 3 is 2.83 bits per heavy atom. The first kappa shape index (κ1) is 17.1. The van der Waals surface area contributed by atoms with Crippen molar-refractivity contribution in [2.75, 3.05) is 6.61 Å². The third kappa shape index (κ3) is 3.10. The number of aryl methyl sites for hydroxylation is 1. The van der Waals surface area contributed by atoms with E-state index in [2.05, 4.69) is 9.97 Å². The largest absolute Gasteiger partial charge is 0.417 e. The molecule has 9 heteroatoms. The number of hydrogen-bond donors (Lipinski definition) is 1. The van der Waals surface area contributed by atoms with Crippen LogP contribution in [0.25, 0.3) is 11.0 Å². The fraction of sp³-hybridized carbons (Fsp3) is 0.533. The van der Waals surface area contributed by atoms with Crippen molar-refractivity contribution < 1.29 is 17.9 Å². The number of halogens is 3. The lowest BCUT2D eigenvalue weighted by Crippen LogP contribution is -2.24. The van der Waals surface area contributed by atoms with Crippen LogP contribution in [0.5, 0.6) is 0 Å². The first-order valence-electron chi connectivity index (χ1n) is 7.66. The second-order valence-corrected chi connectivity index (χ2v) is 6.10. The summed E-state index contributed by atoms with van der Waals surface area (Å²) in [6.07, 6.45) is -2.79. The third-order valence-corrected chi connectivity index (χ3v) is 4.40. The molecule has 0 saturated carbocycles. The molecule has 2 aromatic rings. The van der Waals surface area contributed by atoms with Gasteiger partial charge in [-0.15, -0.1) is 0 Å². The van der Waals surface area contributed by atoms with Gasteiger partial charge in [-0.1, -0.05) is 6.92 Å². The zero-order chi connectivity index (χ0) is 17.5. The lowest BCUT2D eigenvalue weighted by molar-refractivity contribution is -0.136. The summed E-state index contributed by atoms with van der Waals surface area (Å²) in [6, 6.07) is 0.928. The van der Waals surface area contributed by atoms with E-state index < -0.39 is 22.7 Å². The van der Waals surface area contributed by atoms with Crippen molar-refractivity contribution in [1.82, 2.24) is 14.5 Å². The van der Waals surface area contributed by atoms with Gasteiger partial charge in [0, 0.05) is 12.3 Å². The van der Waals surface area contributed by atoms with Gasteiger partial charge in [0.15, 0.2) is 4.77 Å². The first-order chi connectivity index (χ1) is 11.3. The van der Waals surface area contributed by atoms with E-state index in [4.69, 9.17) is 17.0 Å². The Kier molecular flexibility index (Phi) is 4.48. The van der Waals surface area contributed by atoms with E-state index >= 15 is 0 Å². The molecule has 1 atom stereocenters. The van der Waals surface area contributed by atoms with Crippen LogP contribution in [0.4, 0.5) is 13.2 Å². The Morgan fingerprint density at radius 1 is 1.50 bits per heavy atom. The monoisotopic (exact) mass is 359 g/mol. The maximum atomic E-state index is 13.4. The van der Waals surface area contributed by atoms with Gasteiger partial charge in [-0.25, -0.2) is 4.98 Å². The second-order valence-electron chi connectivity index (χ2n) is 5.72. The minimum Gasteiger partial charge on any atom is -0.376 e. The number of fused-ring (bicyclic) bond motifs is 1. The Bertz CT molecular complexity index is 882. The highest BCUT2D eigenvalue weighted by Crippen LogP contribution is 2.33. The Morgan fingerprint density at radius 2 is 2.25 bits per heavy atom. The summed E-state index contributed by atoms with van der Waals surface area (Å²) in [5, 5.41) is -0.480. The molecule has 1 N–H and O–H groups in total. The maximum absolute atomic E-state index is 13.4. The zero-order valence-electron chi connectivity index (χ0n) is 12.9. The molecule has 130 valence electrons. The highest BCUT2D eigenvalue weighted by molar-refractivity contribution is 7.71. The van der Waals surface area contributed by atoms with E-state index in [0.29, 0.717) is 13.0 Å². The number of alkyl halides is 3. The molecule has 0 bridgehead atoms. The highest BCUT2D eigenvalue weighted by atomic mass is 32.1. The van der Waals surface area contributed by atoms with Crippen molar-refractivity contribution in [3.05, 3.63) is 32.4 Å². The Balaban J connectivity index is 2.31. The van der Waals surface area contributed by atoms with Crippen molar-refractivity contribution in [3.8, 4) is 0 Å². The van der Waals surface area contributed by atoms with Gasteiger partial charge >= 0.3 is 6.18 Å². The number of aromatic amines is 1. The molecule has 3 heterocycles. The molecule has 2 aromatic heterocycles. The van der Waals surface area contributed by atoms with Crippen LogP contribution in [0, 0.1) is 4.77 Å². The van der Waals surface area contributed by atoms with E-state index in [0.717, 1.165) is 18.9 Å². The van der Waals surface area contributed by atoms with Crippen molar-refractivity contribution in [3.63, 3.8) is 0 Å². The van der Waals surface area contributed by atoms with Crippen LogP contribution < -0.4 is 5.56 Å². The van der Waals surface area contributed by atoms with Crippen molar-refractivity contribution in [2.24, 2.45) is 0 Å². The fourth-order valence-corrected chi connectivity index (χ4v) is 3.15. The van der Waals surface area contributed by atoms with E-state index in [1.807, 2.05) is 0 Å². The number of rotatable bonds is 3. The Hall–Kier alpha value is -1.74. The average molecular weight is 359 g/mol. The highest BCUT2D eigenvalue weighted by Gasteiger charge is 2.35. The van der Waals surface area contributed by atoms with Crippen LogP contribution in [0.15, 0.2) is 10.9 Å². The molecular formula is C15H16F3N3O2S. The average Bonchev–Trinajstić information content (AvgIpc) is 3.02. The Labute approximate surface area is 140 Å². The maximum Gasteiger partial charge on any atom is 0.417 e. The number of aromatic nitrogens is 3. The molecule has 1 aliphatic heterocycles. The number of hydrogen-bond acceptors (Lipinski definition) is 4. The van der Waals surface area contributed by atoms with Gasteiger partial charge in [0.25, 0.3) is 5.56 Å². The van der Waals surface area contributed by atoms with Crippen molar-refractivity contribution in [1.29, 1.82) is 0 Å². The molecule has 3 rings (SSSR count). The SMILES string of the molecule is CCc1cc(C(F)(F)F)c2c(=O)[nH]c(=S)n(C[C@@H]3CCCO3)c2n1. The standard InChI is InChI=1S/C15H16F3N3O2S/c1-2-8-6-10(15(16,17)18)11-12(19-8)21(14(24)20-13(11)22)7-9-4-3-5-23-9/h6,9H,2-5,7H2,1H3,(H,20,22,24)/t9-/m0/s1. The minimum atomic E-state index is -4.65. The van der Waals surface area contributed by atoms with Crippen LogP contribution in [0.2, 0.25) is 0 Å². The van der Waals surface area contributed by atoms with Crippen molar-refractivity contribution >= 4 is 23.3 Å². The number of nitrogens with one attached hydrogen (secondary N) is 1. The van der Waals surface area contributed by atoms with E-state index in [9.17, 15) is 18.0 Å². The smallest absolute Gasteiger partial charge is 0.376 e. The summed E-state index contributed by atoms with van der Waals surface area (Å²) in [5.41, 5.74) is -1.63. The van der Waals surface area contributed by atoms with Gasteiger partial charge in [0.05, 0.1) is 23.6 Å². The van der Waals surface area contributed by atoms with Crippen LogP contribution >= 0.6 is 12.2 Å². The molecule has 0 aliphatic carbocycles. The summed E-state index contributed by atoms with van der Waals surface area (Å²) in [7, 11) is 0. The lowest BCUT2D eigenvalue weighted by Gasteiger charge is -2.17. The van der Waals surface area contributed by atoms with Crippen LogP contribution in [0.3, 0.4) is 0 Å². The lowest BCUT2D eigenvalue weighted by atomic mass is 10.1. The minimum absolute atomic E-state index is 0.0362. The van der Waals surface area contributed by atoms with E-state index in [1.165, 1.54) is 4.57 Å². The van der Waals surface area contributed by atoms with Crippen LogP contribution in [-0.4, -0.2) is 27.2 Å². The van der Waals surface area contributed by atoms with E-state index in [1.54, 1.807) is 6.92 Å². The van der Waals surface area contributed by atoms with Gasteiger partial charge in [-0.3, -0.25) is 14.3 Å². The number of H-pyrrole nitrogens is 1. The van der Waals surface area contributed by atoms with Gasteiger partial charge in [-0.2, -0.15) is 13.2 Å². The molecule has 24 heavy (non-hydrogen) atoms. The summed E-state index contributed by atoms with van der Waals surface area (Å²) < 4.78 is 47.3. The predicted molar refractivity (Wildman–Crippen MR) is 84.5 cm³/mol. The molecular weight excluding hydrogens is 343 g/mol. The molecule has 0 amide bonds. The molecule has 0 aromatic carbocycles. The molecule has 0 radical (unpaired) electrons. The van der Waals surface area contributed by atoms with Gasteiger partial charge in [0.1, 0.15) is 5.65 Å². The number of nitrogens with zero attached hydrogens (tertiary/aromatic N) is 2. The van der Waals surface area contributed by atoms with Crippen LogP contribution in [0.1, 0.15) is 31.0 Å². The summed E-state index contributed by atoms with van der Waals surface area (Å²) in [4.78, 5) is 18.7. The second kappa shape index (κ2) is 6.29. The third-order valence-electron chi connectivity index (χ3n) is 4.08. The van der Waals surface area contributed by atoms with E-state index in [-0.39, 0.29) is 28.8 Å². The summed E-state index contributed by atoms with van der Waals surface area (Å²) in [6.45, 7) is 2.59. The topological polar surface area (TPSA) is 59.9 Å². The predicted octanol–water partition coefficient (Wildman–Crippen LogP) is 3.21. The summed E-state index contributed by atoms with van der Waals surface area (Å²) >= 11 is 5.15. The molecule has 1 saturated heterocycles. The van der Waals surface area contributed by atoms with Crippen molar-refractivity contribution in [2.45, 2.75) is 45.0 Å². The number of ether oxygens (including phenoxy) is 1.